The number of esters is 1. The number of benzene rings is 1. The summed E-state index contributed by atoms with van der Waals surface area (Å²) in [6, 6.07) is 1.77. The molecule has 0 aliphatic carbocycles. The number of hydrogen-bond acceptors (Lipinski definition) is 6. The summed E-state index contributed by atoms with van der Waals surface area (Å²) in [6.07, 6.45) is 23.4. The highest BCUT2D eigenvalue weighted by molar-refractivity contribution is 5.91. The number of fused-ring (bicyclic) bond motifs is 1. The van der Waals surface area contributed by atoms with Crippen LogP contribution in [0, 0.1) is 0 Å². The number of unbranched alkanes of at least 4 members (excludes halogenated alkanes) is 14. The Morgan fingerprint density at radius 1 is 0.907 bits per heavy atom. The predicted octanol–water partition coefficient (Wildman–Crippen LogP) is 9.82. The number of carbonyl (C=O) groups excluding carboxylic acids is 3. The van der Waals surface area contributed by atoms with E-state index in [-0.39, 0.29) is 24.8 Å². The van der Waals surface area contributed by atoms with Crippen LogP contribution in [0.2, 0.25) is 0 Å². The lowest BCUT2D eigenvalue weighted by molar-refractivity contribution is -0.145. The molecule has 0 amide bonds. The van der Waals surface area contributed by atoms with Crippen molar-refractivity contribution in [3.8, 4) is 11.5 Å². The molecule has 1 heterocycles. The number of allylic oxidation sites excluding steroid dienone is 2. The first kappa shape index (κ1) is 36.6. The molecule has 1 aliphatic heterocycles. The minimum atomic E-state index is -0.734. The highest BCUT2D eigenvalue weighted by atomic mass is 16.5. The zero-order valence-electron chi connectivity index (χ0n) is 27.8. The van der Waals surface area contributed by atoms with E-state index in [4.69, 9.17) is 14.2 Å². The average molecular weight is 599 g/mol. The molecule has 0 saturated carbocycles. The summed E-state index contributed by atoms with van der Waals surface area (Å²) in [5, 5.41) is 0. The molecule has 0 bridgehead atoms. The van der Waals surface area contributed by atoms with E-state index >= 15 is 0 Å². The third-order valence-electron chi connectivity index (χ3n) is 8.43. The second kappa shape index (κ2) is 20.3. The molecule has 0 fully saturated rings. The minimum absolute atomic E-state index is 0.00513. The summed E-state index contributed by atoms with van der Waals surface area (Å²) in [7, 11) is 1.58. The average Bonchev–Trinajstić information content (AvgIpc) is 2.96. The summed E-state index contributed by atoms with van der Waals surface area (Å²) in [6.45, 7) is 7.92. The minimum Gasteiger partial charge on any atom is -0.496 e. The predicted molar refractivity (Wildman–Crippen MR) is 174 cm³/mol. The van der Waals surface area contributed by atoms with Gasteiger partial charge in [-0.1, -0.05) is 102 Å². The molecule has 2 rings (SSSR count). The van der Waals surface area contributed by atoms with Crippen molar-refractivity contribution in [1.29, 1.82) is 0 Å². The Kier molecular flexibility index (Phi) is 17.3. The highest BCUT2D eigenvalue weighted by Crippen LogP contribution is 2.43. The first-order valence-electron chi connectivity index (χ1n) is 16.9. The number of rotatable bonds is 23. The van der Waals surface area contributed by atoms with Crippen molar-refractivity contribution < 1.29 is 28.6 Å². The lowest BCUT2D eigenvalue weighted by Crippen LogP contribution is -2.39. The van der Waals surface area contributed by atoms with Gasteiger partial charge in [0.2, 0.25) is 0 Å². The first-order valence-corrected chi connectivity index (χ1v) is 16.9. The molecule has 0 N–H and O–H groups in total. The van der Waals surface area contributed by atoms with Crippen LogP contribution in [0.3, 0.4) is 0 Å². The van der Waals surface area contributed by atoms with Crippen molar-refractivity contribution in [2.75, 3.05) is 7.11 Å². The molecule has 1 aromatic carbocycles. The zero-order valence-corrected chi connectivity index (χ0v) is 27.8. The molecule has 6 nitrogen and oxygen atoms in total. The first-order chi connectivity index (χ1) is 20.7. The Morgan fingerprint density at radius 3 is 1.98 bits per heavy atom. The van der Waals surface area contributed by atoms with Crippen molar-refractivity contribution in [1.82, 2.24) is 0 Å². The fraction of sp³-hybridized carbons (Fsp3) is 0.703. The van der Waals surface area contributed by atoms with Crippen LogP contribution in [-0.2, 0) is 27.4 Å². The van der Waals surface area contributed by atoms with Crippen molar-refractivity contribution in [2.24, 2.45) is 0 Å². The van der Waals surface area contributed by atoms with Gasteiger partial charge < -0.3 is 14.2 Å². The van der Waals surface area contributed by atoms with Gasteiger partial charge in [0.05, 0.1) is 12.7 Å². The summed E-state index contributed by atoms with van der Waals surface area (Å²) in [5.74, 6) is 0.768. The quantitative estimate of drug-likeness (QED) is 0.0540. The molecule has 0 spiro atoms. The van der Waals surface area contributed by atoms with Crippen molar-refractivity contribution in [3.63, 3.8) is 0 Å². The van der Waals surface area contributed by atoms with Crippen LogP contribution < -0.4 is 9.47 Å². The Balaban J connectivity index is 1.73. The maximum absolute atomic E-state index is 12.5. The van der Waals surface area contributed by atoms with Crippen LogP contribution in [-0.4, -0.2) is 30.7 Å². The van der Waals surface area contributed by atoms with Crippen LogP contribution in [0.1, 0.15) is 165 Å². The third-order valence-corrected chi connectivity index (χ3v) is 8.43. The lowest BCUT2D eigenvalue weighted by atomic mass is 9.86. The fourth-order valence-electron chi connectivity index (χ4n) is 5.95. The van der Waals surface area contributed by atoms with Gasteiger partial charge in [0, 0.05) is 24.0 Å². The van der Waals surface area contributed by atoms with Gasteiger partial charge in [0.25, 0.3) is 0 Å². The maximum atomic E-state index is 12.5. The van der Waals surface area contributed by atoms with Crippen LogP contribution in [0.4, 0.5) is 0 Å². The topological polar surface area (TPSA) is 78.9 Å². The second-order valence-electron chi connectivity index (χ2n) is 12.9. The molecular weight excluding hydrogens is 540 g/mol. The monoisotopic (exact) mass is 598 g/mol. The van der Waals surface area contributed by atoms with Gasteiger partial charge in [-0.15, -0.1) is 0 Å². The largest absolute Gasteiger partial charge is 0.496 e. The van der Waals surface area contributed by atoms with E-state index in [1.165, 1.54) is 77.0 Å². The van der Waals surface area contributed by atoms with Crippen LogP contribution in [0.5, 0.6) is 11.5 Å². The van der Waals surface area contributed by atoms with E-state index in [1.807, 2.05) is 20.8 Å². The number of ether oxygens (including phenoxy) is 3. The zero-order chi connectivity index (χ0) is 31.5. The van der Waals surface area contributed by atoms with Gasteiger partial charge in [-0.2, -0.15) is 0 Å². The lowest BCUT2D eigenvalue weighted by Gasteiger charge is -2.37. The van der Waals surface area contributed by atoms with E-state index in [0.717, 1.165) is 36.7 Å². The van der Waals surface area contributed by atoms with Crippen LogP contribution >= 0.6 is 0 Å². The summed E-state index contributed by atoms with van der Waals surface area (Å²) in [4.78, 5) is 37.2. The van der Waals surface area contributed by atoms with Crippen molar-refractivity contribution >= 4 is 18.0 Å². The summed E-state index contributed by atoms with van der Waals surface area (Å²) >= 11 is 0. The van der Waals surface area contributed by atoms with E-state index in [1.54, 1.807) is 19.3 Å². The molecule has 1 aliphatic rings. The molecule has 1 aromatic rings. The third kappa shape index (κ3) is 13.7. The van der Waals surface area contributed by atoms with E-state index in [9.17, 15) is 14.4 Å². The molecule has 0 saturated heterocycles. The van der Waals surface area contributed by atoms with Gasteiger partial charge in [0.15, 0.2) is 12.1 Å². The Bertz CT molecular complexity index is 1040. The molecular formula is C37H58O6. The van der Waals surface area contributed by atoms with Gasteiger partial charge >= 0.3 is 5.97 Å². The normalized spacial score (nSPS) is 15.7. The molecule has 0 radical (unpaired) electrons. The van der Waals surface area contributed by atoms with Gasteiger partial charge in [-0.25, -0.2) is 0 Å². The van der Waals surface area contributed by atoms with Gasteiger partial charge in [-0.3, -0.25) is 14.4 Å². The number of ketones is 1. The van der Waals surface area contributed by atoms with Crippen molar-refractivity contribution in [3.05, 3.63) is 34.4 Å². The van der Waals surface area contributed by atoms with Gasteiger partial charge in [0.1, 0.15) is 23.7 Å². The van der Waals surface area contributed by atoms with Crippen molar-refractivity contribution in [2.45, 2.75) is 162 Å². The molecule has 0 aromatic heterocycles. The molecule has 43 heavy (non-hydrogen) atoms. The standard InChI is InChI=1S/C37H58O6/c1-6-7-8-9-10-11-12-13-14-15-16-17-18-19-20-21-35(40)42-28-30-25-34(41-5)32-22-23-37(4,26-31(39)24-29(2)3)43-36(32)33(30)27-38/h24-25,27H,6-23,26,28H2,1-5H3/t37-/m1/s1. The Morgan fingerprint density at radius 2 is 1.47 bits per heavy atom. The van der Waals surface area contributed by atoms with E-state index in [0.29, 0.717) is 41.9 Å². The number of methoxy groups -OCH3 is 1. The number of hydrogen-bond donors (Lipinski definition) is 0. The smallest absolute Gasteiger partial charge is 0.306 e. The molecule has 242 valence electrons. The van der Waals surface area contributed by atoms with E-state index in [2.05, 4.69) is 6.92 Å². The van der Waals surface area contributed by atoms with Crippen LogP contribution in [0.15, 0.2) is 17.7 Å². The second-order valence-corrected chi connectivity index (χ2v) is 12.9. The number of aldehydes is 1. The summed E-state index contributed by atoms with van der Waals surface area (Å²) in [5.41, 5.74) is 1.92. The molecule has 6 heteroatoms. The Hall–Kier alpha value is -2.63. The highest BCUT2D eigenvalue weighted by Gasteiger charge is 2.37. The summed E-state index contributed by atoms with van der Waals surface area (Å²) < 4.78 is 17.5. The van der Waals surface area contributed by atoms with E-state index < -0.39 is 5.60 Å². The SMILES string of the molecule is CCCCCCCCCCCCCCCCCC(=O)OCc1cc(OC)c2c(c1C=O)O[C@@](C)(CC(=O)C=C(C)C)CC2. The van der Waals surface area contributed by atoms with Gasteiger partial charge in [-0.05, 0) is 52.2 Å². The Labute approximate surface area is 261 Å². The fourth-order valence-corrected chi connectivity index (χ4v) is 5.95. The molecule has 0 unspecified atom stereocenters. The maximum Gasteiger partial charge on any atom is 0.306 e. The molecule has 1 atom stereocenters. The van der Waals surface area contributed by atoms with Crippen LogP contribution in [0.25, 0.3) is 0 Å². The number of carbonyl (C=O) groups is 3.